The summed E-state index contributed by atoms with van der Waals surface area (Å²) in [5.41, 5.74) is -0.309. The van der Waals surface area contributed by atoms with Gasteiger partial charge in [-0.2, -0.15) is 0 Å². The van der Waals surface area contributed by atoms with Crippen LogP contribution in [0.3, 0.4) is 0 Å². The fraction of sp³-hybridized carbons (Fsp3) is 0.900. The Balaban J connectivity index is 4.26. The second kappa shape index (κ2) is 4.61. The minimum atomic E-state index is -0.309. The van der Waals surface area contributed by atoms with Crippen molar-refractivity contribution in [2.75, 3.05) is 20.8 Å². The Bertz CT molecular complexity index is 172. The van der Waals surface area contributed by atoms with E-state index in [0.29, 0.717) is 6.61 Å². The minimum Gasteiger partial charge on any atom is -0.383 e. The molecule has 0 fully saturated rings. The summed E-state index contributed by atoms with van der Waals surface area (Å²) >= 11 is 0. The van der Waals surface area contributed by atoms with Gasteiger partial charge in [-0.15, -0.1) is 0 Å². The lowest BCUT2D eigenvalue weighted by atomic mass is 9.94. The average molecular weight is 187 g/mol. The van der Waals surface area contributed by atoms with Crippen LogP contribution in [-0.4, -0.2) is 37.6 Å². The van der Waals surface area contributed by atoms with Gasteiger partial charge in [0.2, 0.25) is 5.91 Å². The third-order valence-corrected chi connectivity index (χ3v) is 2.03. The van der Waals surface area contributed by atoms with E-state index in [1.54, 1.807) is 12.0 Å². The molecule has 0 aliphatic carbocycles. The molecule has 0 aliphatic heterocycles. The van der Waals surface area contributed by atoms with Crippen molar-refractivity contribution in [1.82, 2.24) is 4.90 Å². The molecule has 0 bridgehead atoms. The van der Waals surface area contributed by atoms with Crippen LogP contribution in [0.4, 0.5) is 0 Å². The lowest BCUT2D eigenvalue weighted by molar-refractivity contribution is -0.140. The third kappa shape index (κ3) is 3.77. The van der Waals surface area contributed by atoms with Gasteiger partial charge < -0.3 is 9.64 Å². The van der Waals surface area contributed by atoms with Crippen molar-refractivity contribution >= 4 is 5.91 Å². The number of carbonyl (C=O) groups is 1. The van der Waals surface area contributed by atoms with Crippen LogP contribution in [0.5, 0.6) is 0 Å². The smallest absolute Gasteiger partial charge is 0.228 e. The molecule has 0 aromatic carbocycles. The van der Waals surface area contributed by atoms with E-state index in [1.165, 1.54) is 0 Å². The van der Waals surface area contributed by atoms with E-state index < -0.39 is 0 Å². The van der Waals surface area contributed by atoms with Crippen LogP contribution in [0.2, 0.25) is 0 Å². The number of likely N-dealkylation sites (N-methyl/N-ethyl adjacent to an activating group) is 1. The van der Waals surface area contributed by atoms with E-state index in [2.05, 4.69) is 0 Å². The van der Waals surface area contributed by atoms with Crippen LogP contribution in [0.1, 0.15) is 27.7 Å². The zero-order valence-electron chi connectivity index (χ0n) is 9.55. The van der Waals surface area contributed by atoms with Crippen LogP contribution in [0.15, 0.2) is 0 Å². The number of carbonyl (C=O) groups excluding carboxylic acids is 1. The maximum absolute atomic E-state index is 11.8. The Morgan fingerprint density at radius 2 is 1.92 bits per heavy atom. The number of ether oxygens (including phenoxy) is 1. The summed E-state index contributed by atoms with van der Waals surface area (Å²) in [5.74, 6) is 0.150. The molecule has 0 aromatic rings. The lowest BCUT2D eigenvalue weighted by Crippen LogP contribution is -2.43. The van der Waals surface area contributed by atoms with E-state index in [-0.39, 0.29) is 17.4 Å². The Morgan fingerprint density at radius 3 is 2.23 bits per heavy atom. The van der Waals surface area contributed by atoms with E-state index >= 15 is 0 Å². The monoisotopic (exact) mass is 187 g/mol. The fourth-order valence-electron chi connectivity index (χ4n) is 1.08. The lowest BCUT2D eigenvalue weighted by Gasteiger charge is -2.30. The first-order chi connectivity index (χ1) is 5.80. The second-order valence-corrected chi connectivity index (χ2v) is 4.47. The molecule has 0 aliphatic rings. The van der Waals surface area contributed by atoms with Gasteiger partial charge in [0.05, 0.1) is 12.6 Å². The predicted octanol–water partition coefficient (Wildman–Crippen LogP) is 1.53. The second-order valence-electron chi connectivity index (χ2n) is 4.47. The molecule has 1 unspecified atom stereocenters. The first kappa shape index (κ1) is 12.4. The number of nitrogens with zero attached hydrogens (tertiary/aromatic N) is 1. The van der Waals surface area contributed by atoms with Crippen molar-refractivity contribution in [2.24, 2.45) is 5.41 Å². The highest BCUT2D eigenvalue weighted by molar-refractivity contribution is 5.81. The normalized spacial score (nSPS) is 14.0. The minimum absolute atomic E-state index is 0.136. The average Bonchev–Trinajstić information content (AvgIpc) is 2.00. The van der Waals surface area contributed by atoms with Gasteiger partial charge in [-0.25, -0.2) is 0 Å². The molecule has 0 spiro atoms. The summed E-state index contributed by atoms with van der Waals surface area (Å²) in [7, 11) is 3.46. The Hall–Kier alpha value is -0.570. The largest absolute Gasteiger partial charge is 0.383 e. The van der Waals surface area contributed by atoms with Crippen LogP contribution < -0.4 is 0 Å². The van der Waals surface area contributed by atoms with E-state index in [1.807, 2.05) is 34.7 Å². The van der Waals surface area contributed by atoms with Crippen molar-refractivity contribution in [3.63, 3.8) is 0 Å². The SMILES string of the molecule is COCC(C)N(C)C(=O)C(C)(C)C. The Morgan fingerprint density at radius 1 is 1.46 bits per heavy atom. The molecule has 13 heavy (non-hydrogen) atoms. The standard InChI is InChI=1S/C10H21NO2/c1-8(7-13-6)11(5)9(12)10(2,3)4/h8H,7H2,1-6H3. The van der Waals surface area contributed by atoms with E-state index in [4.69, 9.17) is 4.74 Å². The van der Waals surface area contributed by atoms with E-state index in [0.717, 1.165) is 0 Å². The molecule has 3 heteroatoms. The highest BCUT2D eigenvalue weighted by atomic mass is 16.5. The quantitative estimate of drug-likeness (QED) is 0.670. The summed E-state index contributed by atoms with van der Waals surface area (Å²) in [6.07, 6.45) is 0. The van der Waals surface area contributed by atoms with Gasteiger partial charge in [0.25, 0.3) is 0 Å². The molecule has 0 aromatic heterocycles. The van der Waals surface area contributed by atoms with Crippen molar-refractivity contribution in [3.8, 4) is 0 Å². The van der Waals surface area contributed by atoms with Crippen LogP contribution >= 0.6 is 0 Å². The molecule has 3 nitrogen and oxygen atoms in total. The van der Waals surface area contributed by atoms with Crippen molar-refractivity contribution in [2.45, 2.75) is 33.7 Å². The van der Waals surface area contributed by atoms with Gasteiger partial charge in [-0.05, 0) is 6.92 Å². The van der Waals surface area contributed by atoms with Gasteiger partial charge in [0.1, 0.15) is 0 Å². The number of amides is 1. The van der Waals surface area contributed by atoms with Crippen molar-refractivity contribution < 1.29 is 9.53 Å². The van der Waals surface area contributed by atoms with Gasteiger partial charge in [0, 0.05) is 19.6 Å². The third-order valence-electron chi connectivity index (χ3n) is 2.03. The highest BCUT2D eigenvalue weighted by Crippen LogP contribution is 2.17. The first-order valence-corrected chi connectivity index (χ1v) is 4.57. The summed E-state index contributed by atoms with van der Waals surface area (Å²) in [5, 5.41) is 0. The summed E-state index contributed by atoms with van der Waals surface area (Å²) < 4.78 is 4.99. The maximum atomic E-state index is 11.8. The zero-order valence-corrected chi connectivity index (χ0v) is 9.55. The molecule has 0 heterocycles. The van der Waals surface area contributed by atoms with Gasteiger partial charge in [-0.1, -0.05) is 20.8 Å². The highest BCUT2D eigenvalue weighted by Gasteiger charge is 2.27. The summed E-state index contributed by atoms with van der Waals surface area (Å²) in [4.78, 5) is 13.5. The molecule has 1 atom stereocenters. The first-order valence-electron chi connectivity index (χ1n) is 4.57. The predicted molar refractivity (Wildman–Crippen MR) is 53.6 cm³/mol. The topological polar surface area (TPSA) is 29.5 Å². The van der Waals surface area contributed by atoms with E-state index in [9.17, 15) is 4.79 Å². The molecule has 0 N–H and O–H groups in total. The van der Waals surface area contributed by atoms with Gasteiger partial charge in [0.15, 0.2) is 0 Å². The fourth-order valence-corrected chi connectivity index (χ4v) is 1.08. The molecular formula is C10H21NO2. The Labute approximate surface area is 81.1 Å². The summed E-state index contributed by atoms with van der Waals surface area (Å²) in [6, 6.07) is 0.136. The number of rotatable bonds is 3. The maximum Gasteiger partial charge on any atom is 0.228 e. The molecule has 0 saturated heterocycles. The van der Waals surface area contributed by atoms with Gasteiger partial charge in [-0.3, -0.25) is 4.79 Å². The number of methoxy groups -OCH3 is 1. The molecule has 0 radical (unpaired) electrons. The molecule has 1 amide bonds. The summed E-state index contributed by atoms with van der Waals surface area (Å²) in [6.45, 7) is 8.33. The van der Waals surface area contributed by atoms with Crippen LogP contribution in [0, 0.1) is 5.41 Å². The van der Waals surface area contributed by atoms with Crippen molar-refractivity contribution in [1.29, 1.82) is 0 Å². The van der Waals surface area contributed by atoms with Crippen LogP contribution in [0.25, 0.3) is 0 Å². The zero-order chi connectivity index (χ0) is 10.6. The molecule has 0 rings (SSSR count). The Kier molecular flexibility index (Phi) is 4.40. The molecule has 78 valence electrons. The number of hydrogen-bond donors (Lipinski definition) is 0. The number of hydrogen-bond acceptors (Lipinski definition) is 2. The molecular weight excluding hydrogens is 166 g/mol. The van der Waals surface area contributed by atoms with Gasteiger partial charge >= 0.3 is 0 Å². The van der Waals surface area contributed by atoms with Crippen molar-refractivity contribution in [3.05, 3.63) is 0 Å². The van der Waals surface area contributed by atoms with Crippen LogP contribution in [-0.2, 0) is 9.53 Å². The molecule has 0 saturated carbocycles.